The van der Waals surface area contributed by atoms with Gasteiger partial charge >= 0.3 is 0 Å². The van der Waals surface area contributed by atoms with Gasteiger partial charge in [-0.25, -0.2) is 4.98 Å². The second-order valence-electron chi connectivity index (χ2n) is 7.44. The Balaban J connectivity index is 1.86. The van der Waals surface area contributed by atoms with Gasteiger partial charge in [-0.05, 0) is 18.9 Å². The first kappa shape index (κ1) is 25.1. The Kier molecular flexibility index (Phi) is 8.55. The molecule has 0 aliphatic rings. The van der Waals surface area contributed by atoms with Gasteiger partial charge in [0, 0.05) is 23.6 Å². The highest BCUT2D eigenvalue weighted by Crippen LogP contribution is 2.36. The highest BCUT2D eigenvalue weighted by atomic mass is 32.1. The molecule has 0 spiro atoms. The zero-order chi connectivity index (χ0) is 24.7. The number of nitro groups is 1. The third kappa shape index (κ3) is 5.89. The number of benzene rings is 2. The summed E-state index contributed by atoms with van der Waals surface area (Å²) in [4.78, 5) is 29.5. The molecule has 0 fully saturated rings. The van der Waals surface area contributed by atoms with Gasteiger partial charge in [0.15, 0.2) is 16.6 Å². The molecule has 180 valence electrons. The fourth-order valence-electron chi connectivity index (χ4n) is 3.39. The van der Waals surface area contributed by atoms with Crippen LogP contribution >= 0.6 is 11.3 Å². The monoisotopic (exact) mass is 485 g/mol. The fourth-order valence-corrected chi connectivity index (χ4v) is 4.22. The molecular formula is C24H27N3O6S. The van der Waals surface area contributed by atoms with Crippen molar-refractivity contribution >= 4 is 28.1 Å². The second kappa shape index (κ2) is 11.6. The lowest BCUT2D eigenvalue weighted by molar-refractivity contribution is -0.385. The average Bonchev–Trinajstić information content (AvgIpc) is 3.19. The van der Waals surface area contributed by atoms with Gasteiger partial charge in [-0.2, -0.15) is 0 Å². The van der Waals surface area contributed by atoms with Gasteiger partial charge in [0.1, 0.15) is 12.2 Å². The van der Waals surface area contributed by atoms with Crippen LogP contribution in [0, 0.1) is 17.0 Å². The number of aromatic nitrogens is 1. The number of nitro benzene ring substituents is 1. The van der Waals surface area contributed by atoms with Gasteiger partial charge in [0.25, 0.3) is 11.6 Å². The number of carbonyl (C=O) groups excluding carboxylic acids is 1. The standard InChI is InChI=1S/C24H27N3O6S/c1-5-6-16-7-9-17(10-8-16)22-15(2)34-24(25-22)26-23(28)18-13-20(32-4)21(33-12-11-31-3)14-19(18)27(29)30/h7-10,13-14H,5-6,11-12H2,1-4H3,(H,25,26,28). The fraction of sp³-hybridized carbons (Fsp3) is 0.333. The molecule has 0 aliphatic heterocycles. The molecule has 34 heavy (non-hydrogen) atoms. The first-order valence-electron chi connectivity index (χ1n) is 10.7. The number of nitrogens with one attached hydrogen (secondary N) is 1. The molecule has 0 saturated carbocycles. The van der Waals surface area contributed by atoms with E-state index in [1.165, 1.54) is 43.3 Å². The molecule has 9 nitrogen and oxygen atoms in total. The van der Waals surface area contributed by atoms with Gasteiger partial charge in [-0.15, -0.1) is 11.3 Å². The predicted octanol–water partition coefficient (Wildman–Crippen LogP) is 5.27. The van der Waals surface area contributed by atoms with E-state index in [1.54, 1.807) is 0 Å². The van der Waals surface area contributed by atoms with Crippen molar-refractivity contribution in [1.29, 1.82) is 0 Å². The topological polar surface area (TPSA) is 113 Å². The SMILES string of the molecule is CCCc1ccc(-c2nc(NC(=O)c3cc(OC)c(OCCOC)cc3[N+](=O)[O-])sc2C)cc1. The molecule has 10 heteroatoms. The van der Waals surface area contributed by atoms with Crippen LogP contribution in [0.3, 0.4) is 0 Å². The smallest absolute Gasteiger partial charge is 0.286 e. The van der Waals surface area contributed by atoms with Crippen molar-refractivity contribution in [2.75, 3.05) is 32.8 Å². The molecule has 1 amide bonds. The van der Waals surface area contributed by atoms with Crippen LogP contribution in [0.4, 0.5) is 10.8 Å². The Bertz CT molecular complexity index is 1160. The molecule has 0 unspecified atom stereocenters. The van der Waals surface area contributed by atoms with Crippen LogP contribution in [0.2, 0.25) is 0 Å². The summed E-state index contributed by atoms with van der Waals surface area (Å²) in [6.45, 7) is 4.53. The van der Waals surface area contributed by atoms with Gasteiger partial charge in [-0.3, -0.25) is 20.2 Å². The summed E-state index contributed by atoms with van der Waals surface area (Å²) in [6, 6.07) is 10.6. The summed E-state index contributed by atoms with van der Waals surface area (Å²) < 4.78 is 15.7. The highest BCUT2D eigenvalue weighted by Gasteiger charge is 2.26. The summed E-state index contributed by atoms with van der Waals surface area (Å²) in [7, 11) is 2.91. The van der Waals surface area contributed by atoms with Gasteiger partial charge in [-0.1, -0.05) is 37.6 Å². The highest BCUT2D eigenvalue weighted by molar-refractivity contribution is 7.16. The molecule has 1 aromatic heterocycles. The number of ether oxygens (including phenoxy) is 3. The number of hydrogen-bond donors (Lipinski definition) is 1. The molecule has 2 aromatic carbocycles. The Morgan fingerprint density at radius 1 is 1.15 bits per heavy atom. The number of hydrogen-bond acceptors (Lipinski definition) is 8. The van der Waals surface area contributed by atoms with Crippen molar-refractivity contribution in [1.82, 2.24) is 4.98 Å². The van der Waals surface area contributed by atoms with Crippen LogP contribution in [0.1, 0.15) is 34.1 Å². The van der Waals surface area contributed by atoms with E-state index in [4.69, 9.17) is 14.2 Å². The first-order valence-corrected chi connectivity index (χ1v) is 11.6. The zero-order valence-electron chi connectivity index (χ0n) is 19.5. The quantitative estimate of drug-likeness (QED) is 0.224. The summed E-state index contributed by atoms with van der Waals surface area (Å²) >= 11 is 1.30. The Morgan fingerprint density at radius 2 is 1.88 bits per heavy atom. The van der Waals surface area contributed by atoms with Crippen molar-refractivity contribution in [2.45, 2.75) is 26.7 Å². The number of thiazole rings is 1. The maximum Gasteiger partial charge on any atom is 0.286 e. The lowest BCUT2D eigenvalue weighted by Gasteiger charge is -2.12. The molecule has 0 bridgehead atoms. The van der Waals surface area contributed by atoms with E-state index >= 15 is 0 Å². The van der Waals surface area contributed by atoms with E-state index in [9.17, 15) is 14.9 Å². The van der Waals surface area contributed by atoms with Crippen LogP contribution in [0.25, 0.3) is 11.3 Å². The molecular weight excluding hydrogens is 458 g/mol. The lowest BCUT2D eigenvalue weighted by atomic mass is 10.1. The number of aryl methyl sites for hydroxylation is 2. The van der Waals surface area contributed by atoms with Crippen LogP contribution < -0.4 is 14.8 Å². The second-order valence-corrected chi connectivity index (χ2v) is 8.65. The van der Waals surface area contributed by atoms with E-state index in [1.807, 2.05) is 19.1 Å². The first-order chi connectivity index (χ1) is 16.4. The number of rotatable bonds is 11. The molecule has 0 radical (unpaired) electrons. The summed E-state index contributed by atoms with van der Waals surface area (Å²) in [5.74, 6) is -0.302. The minimum atomic E-state index is -0.660. The van der Waals surface area contributed by atoms with Crippen molar-refractivity contribution in [3.05, 3.63) is 62.5 Å². The van der Waals surface area contributed by atoms with E-state index in [0.717, 1.165) is 29.0 Å². The number of amides is 1. The summed E-state index contributed by atoms with van der Waals surface area (Å²) in [5, 5.41) is 14.7. The maximum absolute atomic E-state index is 13.0. The Morgan fingerprint density at radius 3 is 2.50 bits per heavy atom. The molecule has 3 rings (SSSR count). The Labute approximate surface area is 201 Å². The van der Waals surface area contributed by atoms with Crippen LogP contribution in [-0.2, 0) is 11.2 Å². The minimum Gasteiger partial charge on any atom is -0.493 e. The molecule has 1 heterocycles. The predicted molar refractivity (Wildman–Crippen MR) is 131 cm³/mol. The zero-order valence-corrected chi connectivity index (χ0v) is 20.4. The third-order valence-electron chi connectivity index (χ3n) is 5.05. The van der Waals surface area contributed by atoms with Crippen LogP contribution in [0.5, 0.6) is 11.5 Å². The maximum atomic E-state index is 13.0. The number of nitrogens with zero attached hydrogens (tertiary/aromatic N) is 2. The average molecular weight is 486 g/mol. The molecule has 0 aliphatic carbocycles. The van der Waals surface area contributed by atoms with E-state index in [2.05, 4.69) is 29.4 Å². The van der Waals surface area contributed by atoms with Crippen LogP contribution in [0.15, 0.2) is 36.4 Å². The summed E-state index contributed by atoms with van der Waals surface area (Å²) in [6.07, 6.45) is 2.08. The molecule has 1 N–H and O–H groups in total. The number of anilines is 1. The van der Waals surface area contributed by atoms with Crippen molar-refractivity contribution in [3.8, 4) is 22.8 Å². The van der Waals surface area contributed by atoms with Crippen LogP contribution in [-0.4, -0.2) is 43.2 Å². The van der Waals surface area contributed by atoms with E-state index < -0.39 is 16.5 Å². The van der Waals surface area contributed by atoms with Gasteiger partial charge in [0.05, 0.1) is 30.4 Å². The summed E-state index contributed by atoms with van der Waals surface area (Å²) in [5.41, 5.74) is 2.41. The molecule has 0 atom stereocenters. The number of carbonyl (C=O) groups is 1. The molecule has 3 aromatic rings. The van der Waals surface area contributed by atoms with Crippen molar-refractivity contribution in [2.24, 2.45) is 0 Å². The van der Waals surface area contributed by atoms with E-state index in [-0.39, 0.29) is 23.7 Å². The van der Waals surface area contributed by atoms with Crippen molar-refractivity contribution < 1.29 is 23.9 Å². The lowest BCUT2D eigenvalue weighted by Crippen LogP contribution is -2.15. The number of methoxy groups -OCH3 is 2. The normalized spacial score (nSPS) is 10.7. The minimum absolute atomic E-state index is 0.153. The molecule has 0 saturated heterocycles. The third-order valence-corrected chi connectivity index (χ3v) is 5.94. The van der Waals surface area contributed by atoms with Crippen molar-refractivity contribution in [3.63, 3.8) is 0 Å². The largest absolute Gasteiger partial charge is 0.493 e. The Hall–Kier alpha value is -3.50. The van der Waals surface area contributed by atoms with E-state index in [0.29, 0.717) is 11.7 Å². The van der Waals surface area contributed by atoms with Gasteiger partial charge < -0.3 is 14.2 Å². The van der Waals surface area contributed by atoms with Gasteiger partial charge in [0.2, 0.25) is 0 Å².